The molecule has 0 bridgehead atoms. The third kappa shape index (κ3) is 4.81. The highest BCUT2D eigenvalue weighted by Gasteiger charge is 2.18. The minimum atomic E-state index is -3.65. The third-order valence-electron chi connectivity index (χ3n) is 2.38. The van der Waals surface area contributed by atoms with E-state index in [2.05, 4.69) is 4.72 Å². The van der Waals surface area contributed by atoms with Crippen molar-refractivity contribution < 1.29 is 17.4 Å². The second-order valence-corrected chi connectivity index (χ2v) is 7.23. The molecule has 0 saturated heterocycles. The predicted molar refractivity (Wildman–Crippen MR) is 76.1 cm³/mol. The van der Waals surface area contributed by atoms with Gasteiger partial charge in [-0.2, -0.15) is 0 Å². The van der Waals surface area contributed by atoms with Crippen LogP contribution in [0.15, 0.2) is 23.1 Å². The van der Waals surface area contributed by atoms with Gasteiger partial charge < -0.3 is 10.5 Å². The zero-order valence-corrected chi connectivity index (χ0v) is 12.5. The Morgan fingerprint density at radius 2 is 2.11 bits per heavy atom. The number of rotatable bonds is 7. The number of nitrogens with two attached hydrogens (primary N) is 1. The van der Waals surface area contributed by atoms with E-state index < -0.39 is 20.8 Å². The van der Waals surface area contributed by atoms with Gasteiger partial charge >= 0.3 is 0 Å². The van der Waals surface area contributed by atoms with E-state index in [0.29, 0.717) is 17.9 Å². The van der Waals surface area contributed by atoms with Crippen molar-refractivity contribution in [3.8, 4) is 5.75 Å². The fraction of sp³-hybridized carbons (Fsp3) is 0.455. The molecule has 1 aromatic carbocycles. The van der Waals surface area contributed by atoms with E-state index in [1.807, 2.05) is 0 Å². The maximum Gasteiger partial charge on any atom is 0.244 e. The highest BCUT2D eigenvalue weighted by molar-refractivity contribution is 7.89. The Morgan fingerprint density at radius 1 is 1.42 bits per heavy atom. The Balaban J connectivity index is 2.80. The molecule has 0 fully saturated rings. The zero-order valence-electron chi connectivity index (χ0n) is 10.9. The lowest BCUT2D eigenvalue weighted by Crippen LogP contribution is -2.26. The normalized spacial score (nSPS) is 13.2. The molecule has 0 aliphatic heterocycles. The van der Waals surface area contributed by atoms with Crippen molar-refractivity contribution in [3.05, 3.63) is 18.2 Å². The SMILES string of the molecule is COc1cc(N)ccc1S(=O)(=O)NCCCS(C)=O. The van der Waals surface area contributed by atoms with Crippen molar-refractivity contribution in [1.29, 1.82) is 0 Å². The van der Waals surface area contributed by atoms with Crippen molar-refractivity contribution >= 4 is 26.5 Å². The number of methoxy groups -OCH3 is 1. The third-order valence-corrected chi connectivity index (χ3v) is 4.74. The van der Waals surface area contributed by atoms with Crippen LogP contribution in [0.25, 0.3) is 0 Å². The standard InChI is InChI=1S/C11H18N2O4S2/c1-17-10-8-9(12)4-5-11(10)19(15,16)13-6-3-7-18(2)14/h4-5,8,13H,3,6-7,12H2,1-2H3. The van der Waals surface area contributed by atoms with E-state index in [4.69, 9.17) is 10.5 Å². The lowest BCUT2D eigenvalue weighted by Gasteiger charge is -2.11. The Labute approximate surface area is 115 Å². The number of hydrogen-bond donors (Lipinski definition) is 2. The van der Waals surface area contributed by atoms with Crippen LogP contribution in [0.5, 0.6) is 5.75 Å². The first-order chi connectivity index (χ1) is 8.86. The van der Waals surface area contributed by atoms with E-state index in [1.165, 1.54) is 25.3 Å². The number of ether oxygens (including phenoxy) is 1. The van der Waals surface area contributed by atoms with Crippen molar-refractivity contribution in [2.45, 2.75) is 11.3 Å². The van der Waals surface area contributed by atoms with Gasteiger partial charge in [0.15, 0.2) is 0 Å². The molecule has 1 rings (SSSR count). The number of hydrogen-bond acceptors (Lipinski definition) is 5. The molecule has 1 atom stereocenters. The fourth-order valence-corrected chi connectivity index (χ4v) is 3.24. The summed E-state index contributed by atoms with van der Waals surface area (Å²) >= 11 is 0. The average molecular weight is 306 g/mol. The van der Waals surface area contributed by atoms with E-state index in [1.54, 1.807) is 6.26 Å². The number of nitrogens with one attached hydrogen (secondary N) is 1. The second kappa shape index (κ2) is 6.88. The molecule has 0 aliphatic rings. The van der Waals surface area contributed by atoms with Crippen LogP contribution in [-0.4, -0.2) is 38.3 Å². The lowest BCUT2D eigenvalue weighted by molar-refractivity contribution is 0.402. The second-order valence-electron chi connectivity index (χ2n) is 3.94. The summed E-state index contributed by atoms with van der Waals surface area (Å²) in [6.07, 6.45) is 2.09. The largest absolute Gasteiger partial charge is 0.495 e. The van der Waals surface area contributed by atoms with E-state index in [-0.39, 0.29) is 17.2 Å². The van der Waals surface area contributed by atoms with Gasteiger partial charge in [-0.15, -0.1) is 0 Å². The molecule has 0 amide bonds. The van der Waals surface area contributed by atoms with Crippen LogP contribution in [0, 0.1) is 0 Å². The molecule has 0 aliphatic carbocycles. The Bertz CT molecular complexity index is 558. The first-order valence-corrected chi connectivity index (χ1v) is 8.81. The summed E-state index contributed by atoms with van der Waals surface area (Å²) in [5, 5.41) is 0. The maximum absolute atomic E-state index is 12.1. The van der Waals surface area contributed by atoms with Gasteiger partial charge in [-0.3, -0.25) is 4.21 Å². The molecule has 0 radical (unpaired) electrons. The van der Waals surface area contributed by atoms with Crippen molar-refractivity contribution in [2.75, 3.05) is 31.4 Å². The van der Waals surface area contributed by atoms with Gasteiger partial charge in [-0.1, -0.05) is 0 Å². The van der Waals surface area contributed by atoms with Crippen LogP contribution >= 0.6 is 0 Å². The van der Waals surface area contributed by atoms with Crippen LogP contribution in [0.1, 0.15) is 6.42 Å². The molecule has 1 unspecified atom stereocenters. The minimum Gasteiger partial charge on any atom is -0.495 e. The first-order valence-electron chi connectivity index (χ1n) is 5.60. The molecule has 1 aromatic rings. The Morgan fingerprint density at radius 3 is 2.68 bits per heavy atom. The molecule has 108 valence electrons. The van der Waals surface area contributed by atoms with Gasteiger partial charge in [-0.25, -0.2) is 13.1 Å². The minimum absolute atomic E-state index is 0.0434. The first kappa shape index (κ1) is 15.9. The molecule has 8 heteroatoms. The van der Waals surface area contributed by atoms with Crippen LogP contribution < -0.4 is 15.2 Å². The highest BCUT2D eigenvalue weighted by atomic mass is 32.2. The van der Waals surface area contributed by atoms with Crippen molar-refractivity contribution in [1.82, 2.24) is 4.72 Å². The van der Waals surface area contributed by atoms with Crippen molar-refractivity contribution in [2.24, 2.45) is 0 Å². The van der Waals surface area contributed by atoms with Crippen LogP contribution in [-0.2, 0) is 20.8 Å². The lowest BCUT2D eigenvalue weighted by atomic mass is 10.3. The van der Waals surface area contributed by atoms with Gasteiger partial charge in [0.2, 0.25) is 10.0 Å². The van der Waals surface area contributed by atoms with E-state index >= 15 is 0 Å². The monoisotopic (exact) mass is 306 g/mol. The topological polar surface area (TPSA) is 98.5 Å². The summed E-state index contributed by atoms with van der Waals surface area (Å²) in [4.78, 5) is 0.0434. The van der Waals surface area contributed by atoms with Crippen molar-refractivity contribution in [3.63, 3.8) is 0 Å². The highest BCUT2D eigenvalue weighted by Crippen LogP contribution is 2.25. The summed E-state index contributed by atoms with van der Waals surface area (Å²) in [5.41, 5.74) is 6.00. The Kier molecular flexibility index (Phi) is 5.77. The maximum atomic E-state index is 12.1. The molecule has 0 saturated carbocycles. The smallest absolute Gasteiger partial charge is 0.244 e. The molecule has 3 N–H and O–H groups in total. The van der Waals surface area contributed by atoms with Gasteiger partial charge in [0, 0.05) is 41.1 Å². The average Bonchev–Trinajstić information content (AvgIpc) is 2.34. The molecule has 6 nitrogen and oxygen atoms in total. The molecular formula is C11H18N2O4S2. The number of benzene rings is 1. The molecular weight excluding hydrogens is 288 g/mol. The van der Waals surface area contributed by atoms with E-state index in [9.17, 15) is 12.6 Å². The van der Waals surface area contributed by atoms with Gasteiger partial charge in [0.1, 0.15) is 10.6 Å². The van der Waals surface area contributed by atoms with Gasteiger partial charge in [0.05, 0.1) is 7.11 Å². The molecule has 0 aromatic heterocycles. The zero-order chi connectivity index (χ0) is 14.5. The van der Waals surface area contributed by atoms with Gasteiger partial charge in [-0.05, 0) is 18.6 Å². The Hall–Kier alpha value is -1.12. The molecule has 0 spiro atoms. The van der Waals surface area contributed by atoms with Gasteiger partial charge in [0.25, 0.3) is 0 Å². The summed E-state index contributed by atoms with van der Waals surface area (Å²) in [7, 11) is -3.19. The summed E-state index contributed by atoms with van der Waals surface area (Å²) in [6, 6.07) is 4.35. The number of anilines is 1. The van der Waals surface area contributed by atoms with Crippen LogP contribution in [0.4, 0.5) is 5.69 Å². The number of nitrogen functional groups attached to an aromatic ring is 1. The number of sulfonamides is 1. The fourth-order valence-electron chi connectivity index (χ4n) is 1.47. The van der Waals surface area contributed by atoms with Crippen LogP contribution in [0.2, 0.25) is 0 Å². The summed E-state index contributed by atoms with van der Waals surface area (Å²) in [5.74, 6) is 0.660. The summed E-state index contributed by atoms with van der Waals surface area (Å²) in [6.45, 7) is 0.232. The van der Waals surface area contributed by atoms with E-state index in [0.717, 1.165) is 0 Å². The van der Waals surface area contributed by atoms with Crippen LogP contribution in [0.3, 0.4) is 0 Å². The predicted octanol–water partition coefficient (Wildman–Crippen LogP) is 0.324. The molecule has 0 heterocycles. The summed E-state index contributed by atoms with van der Waals surface area (Å²) < 4.78 is 42.4. The molecule has 19 heavy (non-hydrogen) atoms. The quantitative estimate of drug-likeness (QED) is 0.558.